The number of hydrogen-bond donors (Lipinski definition) is 1. The first-order valence-electron chi connectivity index (χ1n) is 9.59. The summed E-state index contributed by atoms with van der Waals surface area (Å²) in [5.41, 5.74) is 7.15. The Balaban J connectivity index is 1.87. The number of hydrogen-bond acceptors (Lipinski definition) is 3. The van der Waals surface area contributed by atoms with Crippen LogP contribution in [-0.2, 0) is 20.7 Å². The van der Waals surface area contributed by atoms with E-state index < -0.39 is 16.9 Å². The number of benzene rings is 2. The van der Waals surface area contributed by atoms with Crippen molar-refractivity contribution in [1.82, 2.24) is 4.90 Å². The van der Waals surface area contributed by atoms with Crippen molar-refractivity contribution in [2.45, 2.75) is 32.8 Å². The number of amides is 2. The molecule has 5 heteroatoms. The van der Waals surface area contributed by atoms with Gasteiger partial charge < -0.3 is 15.4 Å². The molecule has 2 amide bonds. The van der Waals surface area contributed by atoms with Crippen LogP contribution in [0, 0.1) is 5.41 Å². The van der Waals surface area contributed by atoms with E-state index in [4.69, 9.17) is 10.5 Å². The quantitative estimate of drug-likeness (QED) is 0.886. The van der Waals surface area contributed by atoms with Crippen molar-refractivity contribution in [3.05, 3.63) is 60.2 Å². The van der Waals surface area contributed by atoms with Crippen molar-refractivity contribution in [3.8, 4) is 11.1 Å². The van der Waals surface area contributed by atoms with E-state index in [-0.39, 0.29) is 12.5 Å². The maximum absolute atomic E-state index is 12.7. The Morgan fingerprint density at radius 3 is 2.39 bits per heavy atom. The van der Waals surface area contributed by atoms with Gasteiger partial charge in [-0.3, -0.25) is 9.59 Å². The average molecular weight is 380 g/mol. The van der Waals surface area contributed by atoms with Crippen LogP contribution in [0.5, 0.6) is 0 Å². The fraction of sp³-hybridized carbons (Fsp3) is 0.391. The number of nitrogens with two attached hydrogens (primary N) is 1. The van der Waals surface area contributed by atoms with E-state index >= 15 is 0 Å². The number of ether oxygens (including phenoxy) is 1. The van der Waals surface area contributed by atoms with Crippen molar-refractivity contribution in [2.24, 2.45) is 11.1 Å². The van der Waals surface area contributed by atoms with Crippen LogP contribution >= 0.6 is 0 Å². The van der Waals surface area contributed by atoms with Crippen molar-refractivity contribution in [3.63, 3.8) is 0 Å². The monoisotopic (exact) mass is 380 g/mol. The summed E-state index contributed by atoms with van der Waals surface area (Å²) in [6.45, 7) is 6.56. The number of nitrogens with zero attached hydrogens (tertiary/aromatic N) is 1. The third-order valence-corrected chi connectivity index (χ3v) is 5.09. The highest BCUT2D eigenvalue weighted by Gasteiger charge is 2.45. The van der Waals surface area contributed by atoms with Gasteiger partial charge >= 0.3 is 0 Å². The number of carbonyl (C=O) groups excluding carboxylic acids is 2. The molecule has 1 saturated heterocycles. The molecule has 1 atom stereocenters. The molecule has 0 aliphatic carbocycles. The van der Waals surface area contributed by atoms with Crippen LogP contribution in [-0.4, -0.2) is 42.0 Å². The standard InChI is InChI=1S/C23H28N2O3/c1-22(2,3)21(27)25-12-13-28-23(16-25,20(24)26)15-17-8-7-11-19(14-17)18-9-5-4-6-10-18/h4-11,14H,12-13,15-16H2,1-3H3,(H2,24,26). The number of primary amides is 1. The van der Waals surface area contributed by atoms with Crippen molar-refractivity contribution >= 4 is 11.8 Å². The van der Waals surface area contributed by atoms with Crippen LogP contribution in [0.15, 0.2) is 54.6 Å². The summed E-state index contributed by atoms with van der Waals surface area (Å²) in [6.07, 6.45) is 0.330. The Morgan fingerprint density at radius 1 is 1.07 bits per heavy atom. The van der Waals surface area contributed by atoms with Gasteiger partial charge in [-0.15, -0.1) is 0 Å². The third kappa shape index (κ3) is 4.25. The second-order valence-electron chi connectivity index (χ2n) is 8.43. The normalized spacial score (nSPS) is 20.0. The van der Waals surface area contributed by atoms with Gasteiger partial charge in [0.25, 0.3) is 5.91 Å². The molecule has 1 fully saturated rings. The van der Waals surface area contributed by atoms with Gasteiger partial charge in [-0.2, -0.15) is 0 Å². The highest BCUT2D eigenvalue weighted by atomic mass is 16.5. The molecule has 1 heterocycles. The second kappa shape index (κ2) is 7.76. The van der Waals surface area contributed by atoms with E-state index in [1.165, 1.54) is 0 Å². The summed E-state index contributed by atoms with van der Waals surface area (Å²) in [5, 5.41) is 0. The summed E-state index contributed by atoms with van der Waals surface area (Å²) < 4.78 is 5.90. The van der Waals surface area contributed by atoms with Crippen LogP contribution < -0.4 is 5.73 Å². The van der Waals surface area contributed by atoms with Gasteiger partial charge in [-0.05, 0) is 16.7 Å². The van der Waals surface area contributed by atoms with Crippen molar-refractivity contribution in [2.75, 3.05) is 19.7 Å². The van der Waals surface area contributed by atoms with E-state index in [2.05, 4.69) is 0 Å². The van der Waals surface area contributed by atoms with Gasteiger partial charge in [-0.1, -0.05) is 75.4 Å². The summed E-state index contributed by atoms with van der Waals surface area (Å²) in [4.78, 5) is 26.9. The van der Waals surface area contributed by atoms with Gasteiger partial charge in [-0.25, -0.2) is 0 Å². The SMILES string of the molecule is CC(C)(C)C(=O)N1CCOC(Cc2cccc(-c3ccccc3)c2)(C(N)=O)C1. The summed E-state index contributed by atoms with van der Waals surface area (Å²) in [5.74, 6) is -0.538. The molecule has 0 aromatic heterocycles. The molecule has 148 valence electrons. The average Bonchev–Trinajstić information content (AvgIpc) is 2.67. The minimum absolute atomic E-state index is 0.000499. The molecule has 1 unspecified atom stereocenters. The molecule has 0 spiro atoms. The Labute approximate surface area is 166 Å². The largest absolute Gasteiger partial charge is 0.367 e. The lowest BCUT2D eigenvalue weighted by molar-refractivity contribution is -0.167. The zero-order chi connectivity index (χ0) is 20.4. The van der Waals surface area contributed by atoms with Gasteiger partial charge in [0, 0.05) is 18.4 Å². The molecule has 28 heavy (non-hydrogen) atoms. The van der Waals surface area contributed by atoms with Crippen LogP contribution in [0.25, 0.3) is 11.1 Å². The molecule has 1 aliphatic heterocycles. The molecule has 1 aliphatic rings. The maximum atomic E-state index is 12.7. The lowest BCUT2D eigenvalue weighted by atomic mass is 9.88. The van der Waals surface area contributed by atoms with E-state index in [0.29, 0.717) is 19.6 Å². The lowest BCUT2D eigenvalue weighted by Gasteiger charge is -2.42. The van der Waals surface area contributed by atoms with Crippen LogP contribution in [0.4, 0.5) is 0 Å². The van der Waals surface area contributed by atoms with Crippen molar-refractivity contribution in [1.29, 1.82) is 0 Å². The first-order chi connectivity index (χ1) is 13.2. The summed E-state index contributed by atoms with van der Waals surface area (Å²) in [6, 6.07) is 18.1. The third-order valence-electron chi connectivity index (χ3n) is 5.09. The second-order valence-corrected chi connectivity index (χ2v) is 8.43. The molecule has 2 aromatic rings. The van der Waals surface area contributed by atoms with E-state index in [1.54, 1.807) is 4.90 Å². The Morgan fingerprint density at radius 2 is 1.75 bits per heavy atom. The highest BCUT2D eigenvalue weighted by molar-refractivity contribution is 5.87. The summed E-state index contributed by atoms with van der Waals surface area (Å²) in [7, 11) is 0. The molecular weight excluding hydrogens is 352 g/mol. The van der Waals surface area contributed by atoms with Crippen LogP contribution in [0.2, 0.25) is 0 Å². The fourth-order valence-corrected chi connectivity index (χ4v) is 3.60. The van der Waals surface area contributed by atoms with Crippen LogP contribution in [0.3, 0.4) is 0 Å². The van der Waals surface area contributed by atoms with Gasteiger partial charge in [0.2, 0.25) is 5.91 Å². The van der Waals surface area contributed by atoms with Gasteiger partial charge in [0.1, 0.15) is 0 Å². The Bertz CT molecular complexity index is 858. The minimum atomic E-state index is -1.21. The first-order valence-corrected chi connectivity index (χ1v) is 9.59. The van der Waals surface area contributed by atoms with Crippen LogP contribution in [0.1, 0.15) is 26.3 Å². The zero-order valence-corrected chi connectivity index (χ0v) is 16.8. The van der Waals surface area contributed by atoms with E-state index in [1.807, 2.05) is 75.4 Å². The molecule has 0 saturated carbocycles. The lowest BCUT2D eigenvalue weighted by Crippen LogP contribution is -2.62. The molecule has 0 bridgehead atoms. The number of rotatable bonds is 4. The van der Waals surface area contributed by atoms with E-state index in [9.17, 15) is 9.59 Å². The number of morpholine rings is 1. The van der Waals surface area contributed by atoms with E-state index in [0.717, 1.165) is 16.7 Å². The predicted molar refractivity (Wildman–Crippen MR) is 109 cm³/mol. The smallest absolute Gasteiger partial charge is 0.251 e. The summed E-state index contributed by atoms with van der Waals surface area (Å²) >= 11 is 0. The molecular formula is C23H28N2O3. The number of carbonyl (C=O) groups is 2. The molecule has 2 N–H and O–H groups in total. The van der Waals surface area contributed by atoms with Gasteiger partial charge in [0.15, 0.2) is 5.60 Å². The fourth-order valence-electron chi connectivity index (χ4n) is 3.60. The Kier molecular flexibility index (Phi) is 5.57. The molecule has 5 nitrogen and oxygen atoms in total. The first kappa shape index (κ1) is 20.1. The highest BCUT2D eigenvalue weighted by Crippen LogP contribution is 2.28. The maximum Gasteiger partial charge on any atom is 0.251 e. The predicted octanol–water partition coefficient (Wildman–Crippen LogP) is 3.03. The Hall–Kier alpha value is -2.66. The van der Waals surface area contributed by atoms with Gasteiger partial charge in [0.05, 0.1) is 13.2 Å². The molecule has 0 radical (unpaired) electrons. The van der Waals surface area contributed by atoms with Crippen molar-refractivity contribution < 1.29 is 14.3 Å². The minimum Gasteiger partial charge on any atom is -0.367 e. The zero-order valence-electron chi connectivity index (χ0n) is 16.8. The topological polar surface area (TPSA) is 72.6 Å². The molecule has 2 aromatic carbocycles. The molecule has 3 rings (SSSR count).